The third kappa shape index (κ3) is 3.63. The van der Waals surface area contributed by atoms with Gasteiger partial charge in [0.15, 0.2) is 0 Å². The Morgan fingerprint density at radius 2 is 1.82 bits per heavy atom. The van der Waals surface area contributed by atoms with Crippen LogP contribution in [-0.4, -0.2) is 26.8 Å². The lowest BCUT2D eigenvalue weighted by atomic mass is 10.0. The van der Waals surface area contributed by atoms with Crippen LogP contribution in [0.1, 0.15) is 20.8 Å². The molecule has 3 heterocycles. The van der Waals surface area contributed by atoms with Gasteiger partial charge in [-0.15, -0.1) is 0 Å². The number of halogens is 1. The van der Waals surface area contributed by atoms with Crippen molar-refractivity contribution in [2.75, 3.05) is 0 Å². The largest absolute Gasteiger partial charge is 0.356 e. The van der Waals surface area contributed by atoms with Gasteiger partial charge in [0.2, 0.25) is 0 Å². The number of benzene rings is 1. The molecule has 0 aliphatic rings. The van der Waals surface area contributed by atoms with E-state index in [0.717, 1.165) is 10.0 Å². The Balaban J connectivity index is 1.65. The van der Waals surface area contributed by atoms with Crippen LogP contribution in [0.3, 0.4) is 0 Å². The first-order chi connectivity index (χ1) is 13.6. The number of hydrogen-bond donors (Lipinski definition) is 3. The molecule has 138 valence electrons. The van der Waals surface area contributed by atoms with Gasteiger partial charge in [-0.3, -0.25) is 25.4 Å². The molecule has 3 N–H and O–H groups in total. The lowest BCUT2D eigenvalue weighted by Gasteiger charge is -2.11. The minimum atomic E-state index is -0.454. The fourth-order valence-corrected chi connectivity index (χ4v) is 3.12. The predicted octanol–water partition coefficient (Wildman–Crippen LogP) is 3.46. The zero-order valence-electron chi connectivity index (χ0n) is 14.4. The SMILES string of the molecule is O=C(NNC(=O)c1cc(-c2cccnc2)nc2ccccc12)c1cc(Br)c[nH]1. The van der Waals surface area contributed by atoms with E-state index in [9.17, 15) is 9.59 Å². The number of carbonyl (C=O) groups excluding carboxylic acids is 2. The van der Waals surface area contributed by atoms with Gasteiger partial charge in [-0.25, -0.2) is 4.98 Å². The van der Waals surface area contributed by atoms with E-state index in [4.69, 9.17) is 0 Å². The fraction of sp³-hybridized carbons (Fsp3) is 0. The second-order valence-electron chi connectivity index (χ2n) is 5.95. The fourth-order valence-electron chi connectivity index (χ4n) is 2.77. The van der Waals surface area contributed by atoms with Crippen molar-refractivity contribution in [2.45, 2.75) is 0 Å². The number of rotatable bonds is 3. The first kappa shape index (κ1) is 17.9. The number of nitrogens with zero attached hydrogens (tertiary/aromatic N) is 2. The molecule has 3 aromatic heterocycles. The van der Waals surface area contributed by atoms with Gasteiger partial charge in [-0.05, 0) is 46.3 Å². The highest BCUT2D eigenvalue weighted by atomic mass is 79.9. The zero-order chi connectivity index (χ0) is 19.5. The van der Waals surface area contributed by atoms with Gasteiger partial charge in [0.25, 0.3) is 11.8 Å². The normalized spacial score (nSPS) is 10.6. The van der Waals surface area contributed by atoms with Crippen molar-refractivity contribution in [3.8, 4) is 11.3 Å². The minimum Gasteiger partial charge on any atom is -0.356 e. The Labute approximate surface area is 168 Å². The Kier molecular flexibility index (Phi) is 4.86. The molecule has 0 radical (unpaired) electrons. The molecule has 0 unspecified atom stereocenters. The number of hydrogen-bond acceptors (Lipinski definition) is 4. The van der Waals surface area contributed by atoms with E-state index in [1.807, 2.05) is 30.3 Å². The number of pyridine rings is 2. The molecule has 4 rings (SSSR count). The topological polar surface area (TPSA) is 99.8 Å². The van der Waals surface area contributed by atoms with Crippen molar-refractivity contribution in [3.63, 3.8) is 0 Å². The Hall–Kier alpha value is -3.52. The molecule has 0 aliphatic carbocycles. The third-order valence-corrected chi connectivity index (χ3v) is 4.56. The van der Waals surface area contributed by atoms with E-state index in [0.29, 0.717) is 27.9 Å². The summed E-state index contributed by atoms with van der Waals surface area (Å²) in [7, 11) is 0. The molecule has 0 bridgehead atoms. The minimum absolute atomic E-state index is 0.322. The van der Waals surface area contributed by atoms with E-state index < -0.39 is 11.8 Å². The van der Waals surface area contributed by atoms with Crippen LogP contribution in [0.15, 0.2) is 71.6 Å². The van der Waals surface area contributed by atoms with Crippen LogP contribution >= 0.6 is 15.9 Å². The first-order valence-electron chi connectivity index (χ1n) is 8.36. The molecule has 0 aliphatic heterocycles. The van der Waals surface area contributed by atoms with E-state index in [1.54, 1.807) is 36.8 Å². The molecule has 8 heteroatoms. The third-order valence-electron chi connectivity index (χ3n) is 4.10. The van der Waals surface area contributed by atoms with Gasteiger partial charge < -0.3 is 4.98 Å². The summed E-state index contributed by atoms with van der Waals surface area (Å²) >= 11 is 3.26. The van der Waals surface area contributed by atoms with Crippen LogP contribution in [0.5, 0.6) is 0 Å². The van der Waals surface area contributed by atoms with Crippen LogP contribution < -0.4 is 10.9 Å². The molecular weight excluding hydrogens is 422 g/mol. The monoisotopic (exact) mass is 435 g/mol. The van der Waals surface area contributed by atoms with Gasteiger partial charge in [0.05, 0.1) is 16.8 Å². The van der Waals surface area contributed by atoms with Gasteiger partial charge in [-0.2, -0.15) is 0 Å². The van der Waals surface area contributed by atoms with Gasteiger partial charge >= 0.3 is 0 Å². The van der Waals surface area contributed by atoms with E-state index in [2.05, 4.69) is 41.7 Å². The van der Waals surface area contributed by atoms with Crippen molar-refractivity contribution in [2.24, 2.45) is 0 Å². The summed E-state index contributed by atoms with van der Waals surface area (Å²) < 4.78 is 0.741. The zero-order valence-corrected chi connectivity index (χ0v) is 16.0. The molecule has 0 spiro atoms. The average Bonchev–Trinajstić information content (AvgIpc) is 3.18. The number of aromatic amines is 1. The van der Waals surface area contributed by atoms with Crippen molar-refractivity contribution in [1.29, 1.82) is 0 Å². The van der Waals surface area contributed by atoms with Crippen LogP contribution in [0.2, 0.25) is 0 Å². The maximum Gasteiger partial charge on any atom is 0.286 e. The molecule has 28 heavy (non-hydrogen) atoms. The van der Waals surface area contributed by atoms with Crippen molar-refractivity contribution >= 4 is 38.6 Å². The summed E-state index contributed by atoms with van der Waals surface area (Å²) in [5.41, 5.74) is 7.68. The average molecular weight is 436 g/mol. The second-order valence-corrected chi connectivity index (χ2v) is 6.87. The van der Waals surface area contributed by atoms with Gasteiger partial charge in [-0.1, -0.05) is 18.2 Å². The molecule has 2 amide bonds. The lowest BCUT2D eigenvalue weighted by molar-refractivity contribution is 0.0845. The number of nitrogens with one attached hydrogen (secondary N) is 3. The van der Waals surface area contributed by atoms with Gasteiger partial charge in [0, 0.05) is 34.0 Å². The summed E-state index contributed by atoms with van der Waals surface area (Å²) in [6.45, 7) is 0. The molecule has 0 saturated carbocycles. The lowest BCUT2D eigenvalue weighted by Crippen LogP contribution is -2.41. The molecule has 0 fully saturated rings. The van der Waals surface area contributed by atoms with Crippen LogP contribution in [0.4, 0.5) is 0 Å². The van der Waals surface area contributed by atoms with Crippen LogP contribution in [0, 0.1) is 0 Å². The number of H-pyrrole nitrogens is 1. The Morgan fingerprint density at radius 1 is 1.00 bits per heavy atom. The summed E-state index contributed by atoms with van der Waals surface area (Å²) in [6.07, 6.45) is 4.99. The van der Waals surface area contributed by atoms with E-state index in [1.165, 1.54) is 0 Å². The number of amides is 2. The first-order valence-corrected chi connectivity index (χ1v) is 9.16. The standard InChI is InChI=1S/C20H14BrN5O2/c21-13-8-18(23-11-13)20(28)26-25-19(27)15-9-17(12-4-3-7-22-10-12)24-16-6-2-1-5-14(15)16/h1-11,23H,(H,25,27)(H,26,28). The molecular formula is C20H14BrN5O2. The van der Waals surface area contributed by atoms with Crippen molar-refractivity contribution in [1.82, 2.24) is 25.8 Å². The predicted molar refractivity (Wildman–Crippen MR) is 108 cm³/mol. The summed E-state index contributed by atoms with van der Waals surface area (Å²) in [5, 5.41) is 0.685. The molecule has 4 aromatic rings. The molecule has 0 saturated heterocycles. The number of carbonyl (C=O) groups is 2. The summed E-state index contributed by atoms with van der Waals surface area (Å²) in [4.78, 5) is 36.5. The number of hydrazine groups is 1. The summed E-state index contributed by atoms with van der Waals surface area (Å²) in [6, 6.07) is 14.3. The Morgan fingerprint density at radius 3 is 2.57 bits per heavy atom. The molecule has 1 aromatic carbocycles. The number of fused-ring (bicyclic) bond motifs is 1. The van der Waals surface area contributed by atoms with Crippen molar-refractivity contribution in [3.05, 3.63) is 82.9 Å². The quantitative estimate of drug-likeness (QED) is 0.429. The van der Waals surface area contributed by atoms with Gasteiger partial charge in [0.1, 0.15) is 5.69 Å². The number of aromatic nitrogens is 3. The van der Waals surface area contributed by atoms with E-state index in [-0.39, 0.29) is 0 Å². The smallest absolute Gasteiger partial charge is 0.286 e. The highest BCUT2D eigenvalue weighted by molar-refractivity contribution is 9.10. The van der Waals surface area contributed by atoms with Crippen LogP contribution in [-0.2, 0) is 0 Å². The number of para-hydroxylation sites is 1. The Bertz CT molecular complexity index is 1170. The second kappa shape index (κ2) is 7.61. The van der Waals surface area contributed by atoms with Crippen LogP contribution in [0.25, 0.3) is 22.2 Å². The highest BCUT2D eigenvalue weighted by Gasteiger charge is 2.15. The van der Waals surface area contributed by atoms with E-state index >= 15 is 0 Å². The molecule has 7 nitrogen and oxygen atoms in total. The molecule has 0 atom stereocenters. The summed E-state index contributed by atoms with van der Waals surface area (Å²) in [5.74, 6) is -0.896. The maximum absolute atomic E-state index is 12.8. The highest BCUT2D eigenvalue weighted by Crippen LogP contribution is 2.24. The van der Waals surface area contributed by atoms with Crippen molar-refractivity contribution < 1.29 is 9.59 Å². The maximum atomic E-state index is 12.8.